The predicted molar refractivity (Wildman–Crippen MR) is 79.7 cm³/mol. The van der Waals surface area contributed by atoms with Crippen molar-refractivity contribution in [2.75, 3.05) is 0 Å². The lowest BCUT2D eigenvalue weighted by Crippen LogP contribution is -2.45. The molecule has 116 valence electrons. The molecule has 1 aromatic carbocycles. The molecule has 0 radical (unpaired) electrons. The summed E-state index contributed by atoms with van der Waals surface area (Å²) in [6.07, 6.45) is 3.78. The van der Waals surface area contributed by atoms with Gasteiger partial charge in [-0.25, -0.2) is 4.79 Å². The fourth-order valence-corrected chi connectivity index (χ4v) is 2.03. The number of rotatable bonds is 6. The third-order valence-electron chi connectivity index (χ3n) is 3.61. The third-order valence-corrected chi connectivity index (χ3v) is 3.61. The molecule has 0 spiro atoms. The molecular formula is C15H18N4O3. The van der Waals surface area contributed by atoms with Gasteiger partial charge < -0.3 is 10.4 Å². The van der Waals surface area contributed by atoms with Crippen molar-refractivity contribution in [3.05, 3.63) is 42.5 Å². The van der Waals surface area contributed by atoms with E-state index < -0.39 is 17.9 Å². The van der Waals surface area contributed by atoms with E-state index in [2.05, 4.69) is 15.5 Å². The summed E-state index contributed by atoms with van der Waals surface area (Å²) in [7, 11) is 0. The normalized spacial score (nSPS) is 13.4. The molecule has 0 saturated heterocycles. The fourth-order valence-electron chi connectivity index (χ4n) is 2.03. The van der Waals surface area contributed by atoms with Gasteiger partial charge in [0.15, 0.2) is 0 Å². The molecule has 22 heavy (non-hydrogen) atoms. The molecule has 0 bridgehead atoms. The van der Waals surface area contributed by atoms with Gasteiger partial charge in [-0.3, -0.25) is 9.36 Å². The summed E-state index contributed by atoms with van der Waals surface area (Å²) >= 11 is 0. The standard InChI is InChI=1S/C15H18N4O3/c1-3-10(2)13(15(21)22)18-14(20)11-4-6-12(7-5-11)19-8-16-17-9-19/h4-10,13H,3H2,1-2H3,(H,18,20)(H,21,22). The fraction of sp³-hybridized carbons (Fsp3) is 0.333. The van der Waals surface area contributed by atoms with Gasteiger partial charge in [0.05, 0.1) is 0 Å². The maximum atomic E-state index is 12.2. The zero-order valence-corrected chi connectivity index (χ0v) is 12.4. The molecule has 2 rings (SSSR count). The number of carboxylic acids is 1. The van der Waals surface area contributed by atoms with Crippen LogP contribution in [0.3, 0.4) is 0 Å². The van der Waals surface area contributed by atoms with Gasteiger partial charge in [0.2, 0.25) is 0 Å². The van der Waals surface area contributed by atoms with Crippen molar-refractivity contribution in [3.8, 4) is 5.69 Å². The van der Waals surface area contributed by atoms with Crippen LogP contribution in [0.4, 0.5) is 0 Å². The Bertz CT molecular complexity index is 637. The number of aromatic nitrogens is 3. The number of hydrogen-bond donors (Lipinski definition) is 2. The lowest BCUT2D eigenvalue weighted by molar-refractivity contribution is -0.140. The predicted octanol–water partition coefficient (Wildman–Crippen LogP) is 1.50. The number of nitrogens with zero attached hydrogens (tertiary/aromatic N) is 3. The van der Waals surface area contributed by atoms with Gasteiger partial charge in [0.25, 0.3) is 5.91 Å². The van der Waals surface area contributed by atoms with E-state index >= 15 is 0 Å². The van der Waals surface area contributed by atoms with Gasteiger partial charge in [-0.2, -0.15) is 0 Å². The topological polar surface area (TPSA) is 97.1 Å². The second kappa shape index (κ2) is 6.84. The summed E-state index contributed by atoms with van der Waals surface area (Å²) in [6, 6.07) is 5.88. The molecule has 0 saturated carbocycles. The van der Waals surface area contributed by atoms with Crippen molar-refractivity contribution in [2.24, 2.45) is 5.92 Å². The van der Waals surface area contributed by atoms with E-state index in [1.54, 1.807) is 48.4 Å². The van der Waals surface area contributed by atoms with Crippen molar-refractivity contribution in [2.45, 2.75) is 26.3 Å². The lowest BCUT2D eigenvalue weighted by atomic mass is 9.99. The van der Waals surface area contributed by atoms with Crippen LogP contribution < -0.4 is 5.32 Å². The summed E-state index contributed by atoms with van der Waals surface area (Å²) in [5.74, 6) is -1.57. The summed E-state index contributed by atoms with van der Waals surface area (Å²) in [6.45, 7) is 3.69. The Morgan fingerprint density at radius 1 is 1.23 bits per heavy atom. The quantitative estimate of drug-likeness (QED) is 0.842. The number of carboxylic acid groups (broad SMARTS) is 1. The second-order valence-corrected chi connectivity index (χ2v) is 5.09. The molecule has 0 aliphatic rings. The molecule has 0 aliphatic carbocycles. The summed E-state index contributed by atoms with van der Waals surface area (Å²) < 4.78 is 1.71. The zero-order chi connectivity index (χ0) is 16.1. The lowest BCUT2D eigenvalue weighted by Gasteiger charge is -2.20. The minimum absolute atomic E-state index is 0.141. The first kappa shape index (κ1) is 15.7. The SMILES string of the molecule is CCC(C)C(NC(=O)c1ccc(-n2cnnc2)cc1)C(=O)O. The van der Waals surface area contributed by atoms with E-state index in [4.69, 9.17) is 0 Å². The van der Waals surface area contributed by atoms with E-state index in [9.17, 15) is 14.7 Å². The second-order valence-electron chi connectivity index (χ2n) is 5.09. The maximum Gasteiger partial charge on any atom is 0.326 e. The van der Waals surface area contributed by atoms with E-state index in [1.807, 2.05) is 6.92 Å². The molecule has 2 aromatic rings. The van der Waals surface area contributed by atoms with E-state index in [-0.39, 0.29) is 5.92 Å². The van der Waals surface area contributed by atoms with Gasteiger partial charge in [-0.1, -0.05) is 20.3 Å². The summed E-state index contributed by atoms with van der Waals surface area (Å²) in [4.78, 5) is 23.4. The number of hydrogen-bond acceptors (Lipinski definition) is 4. The van der Waals surface area contributed by atoms with Crippen molar-refractivity contribution in [1.29, 1.82) is 0 Å². The number of aliphatic carboxylic acids is 1. The average molecular weight is 302 g/mol. The Labute approximate surface area is 128 Å². The van der Waals surface area contributed by atoms with Crippen LogP contribution in [0, 0.1) is 5.92 Å². The van der Waals surface area contributed by atoms with Crippen molar-refractivity contribution < 1.29 is 14.7 Å². The van der Waals surface area contributed by atoms with Crippen LogP contribution in [0.5, 0.6) is 0 Å². The van der Waals surface area contributed by atoms with Crippen molar-refractivity contribution >= 4 is 11.9 Å². The summed E-state index contributed by atoms with van der Waals surface area (Å²) in [5, 5.41) is 19.2. The van der Waals surface area contributed by atoms with E-state index in [0.717, 1.165) is 5.69 Å². The highest BCUT2D eigenvalue weighted by atomic mass is 16.4. The number of carbonyl (C=O) groups excluding carboxylic acids is 1. The molecule has 7 heteroatoms. The summed E-state index contributed by atoms with van der Waals surface area (Å²) in [5.41, 5.74) is 1.23. The molecule has 1 heterocycles. The molecule has 2 unspecified atom stereocenters. The van der Waals surface area contributed by atoms with Crippen LogP contribution in [0.1, 0.15) is 30.6 Å². The number of carbonyl (C=O) groups is 2. The Hall–Kier alpha value is -2.70. The van der Waals surface area contributed by atoms with Gasteiger partial charge in [-0.15, -0.1) is 10.2 Å². The molecule has 0 fully saturated rings. The third kappa shape index (κ3) is 3.49. The zero-order valence-electron chi connectivity index (χ0n) is 12.4. The number of benzene rings is 1. The first-order valence-corrected chi connectivity index (χ1v) is 7.01. The molecule has 1 aromatic heterocycles. The largest absolute Gasteiger partial charge is 0.480 e. The molecule has 7 nitrogen and oxygen atoms in total. The van der Waals surface area contributed by atoms with E-state index in [1.165, 1.54) is 0 Å². The van der Waals surface area contributed by atoms with Crippen LogP contribution in [0.2, 0.25) is 0 Å². The Morgan fingerprint density at radius 2 is 1.82 bits per heavy atom. The van der Waals surface area contributed by atoms with Crippen molar-refractivity contribution in [1.82, 2.24) is 20.1 Å². The van der Waals surface area contributed by atoms with Gasteiger partial charge in [0.1, 0.15) is 18.7 Å². The van der Waals surface area contributed by atoms with Gasteiger partial charge in [0, 0.05) is 11.3 Å². The van der Waals surface area contributed by atoms with E-state index in [0.29, 0.717) is 12.0 Å². The first-order valence-electron chi connectivity index (χ1n) is 7.01. The molecule has 0 aliphatic heterocycles. The minimum atomic E-state index is -1.02. The van der Waals surface area contributed by atoms with Crippen LogP contribution in [-0.2, 0) is 4.79 Å². The molecule has 2 atom stereocenters. The Morgan fingerprint density at radius 3 is 2.32 bits per heavy atom. The smallest absolute Gasteiger partial charge is 0.326 e. The van der Waals surface area contributed by atoms with Crippen LogP contribution in [-0.4, -0.2) is 37.8 Å². The Balaban J connectivity index is 2.11. The highest BCUT2D eigenvalue weighted by Gasteiger charge is 2.25. The van der Waals surface area contributed by atoms with Crippen molar-refractivity contribution in [3.63, 3.8) is 0 Å². The van der Waals surface area contributed by atoms with Crippen LogP contribution in [0.25, 0.3) is 5.69 Å². The molecule has 1 amide bonds. The highest BCUT2D eigenvalue weighted by molar-refractivity contribution is 5.96. The molecule has 2 N–H and O–H groups in total. The monoisotopic (exact) mass is 302 g/mol. The van der Waals surface area contributed by atoms with Gasteiger partial charge in [-0.05, 0) is 30.2 Å². The van der Waals surface area contributed by atoms with Crippen LogP contribution >= 0.6 is 0 Å². The highest BCUT2D eigenvalue weighted by Crippen LogP contribution is 2.11. The first-order chi connectivity index (χ1) is 10.5. The van der Waals surface area contributed by atoms with Gasteiger partial charge >= 0.3 is 5.97 Å². The maximum absolute atomic E-state index is 12.2. The Kier molecular flexibility index (Phi) is 4.88. The molecular weight excluding hydrogens is 284 g/mol. The number of amides is 1. The number of nitrogens with one attached hydrogen (secondary N) is 1. The minimum Gasteiger partial charge on any atom is -0.480 e. The van der Waals surface area contributed by atoms with Crippen LogP contribution in [0.15, 0.2) is 36.9 Å². The average Bonchev–Trinajstić information content (AvgIpc) is 3.06.